The minimum Gasteiger partial charge on any atom is -0.457 e. The molecule has 2 N–H and O–H groups in total. The fraction of sp³-hybridized carbons (Fsp3) is 0.333. The average Bonchev–Trinajstić information content (AvgIpc) is 2.50. The Kier molecular flexibility index (Phi) is 5.78. The van der Waals surface area contributed by atoms with Crippen LogP contribution in [0.25, 0.3) is 0 Å². The SMILES string of the molecule is CCNCc1ccc(Oc2ccc(CCO)cc2)c(C)c1. The first-order valence-corrected chi connectivity index (χ1v) is 7.41. The molecule has 2 aromatic carbocycles. The molecular formula is C18H23NO2. The molecule has 0 aliphatic rings. The van der Waals surface area contributed by atoms with Gasteiger partial charge in [-0.2, -0.15) is 0 Å². The Morgan fingerprint density at radius 2 is 1.76 bits per heavy atom. The van der Waals surface area contributed by atoms with Gasteiger partial charge in [-0.05, 0) is 54.8 Å². The molecule has 0 saturated carbocycles. The van der Waals surface area contributed by atoms with E-state index in [9.17, 15) is 0 Å². The Labute approximate surface area is 126 Å². The van der Waals surface area contributed by atoms with E-state index in [0.29, 0.717) is 6.42 Å². The fourth-order valence-corrected chi connectivity index (χ4v) is 2.19. The number of hydrogen-bond acceptors (Lipinski definition) is 3. The first-order valence-electron chi connectivity index (χ1n) is 7.41. The van der Waals surface area contributed by atoms with Crippen molar-refractivity contribution in [2.45, 2.75) is 26.8 Å². The van der Waals surface area contributed by atoms with Crippen molar-refractivity contribution in [1.29, 1.82) is 0 Å². The summed E-state index contributed by atoms with van der Waals surface area (Å²) in [5, 5.41) is 12.2. The summed E-state index contributed by atoms with van der Waals surface area (Å²) in [5.74, 6) is 1.70. The normalized spacial score (nSPS) is 10.6. The number of hydrogen-bond donors (Lipinski definition) is 2. The monoisotopic (exact) mass is 285 g/mol. The van der Waals surface area contributed by atoms with Crippen LogP contribution in [0.3, 0.4) is 0 Å². The van der Waals surface area contributed by atoms with Gasteiger partial charge in [0.05, 0.1) is 0 Å². The number of rotatable bonds is 7. The van der Waals surface area contributed by atoms with Crippen molar-refractivity contribution in [1.82, 2.24) is 5.32 Å². The van der Waals surface area contributed by atoms with Crippen LogP contribution >= 0.6 is 0 Å². The van der Waals surface area contributed by atoms with Gasteiger partial charge >= 0.3 is 0 Å². The van der Waals surface area contributed by atoms with E-state index < -0.39 is 0 Å². The van der Waals surface area contributed by atoms with Crippen LogP contribution in [-0.2, 0) is 13.0 Å². The van der Waals surface area contributed by atoms with Crippen LogP contribution in [-0.4, -0.2) is 18.3 Å². The highest BCUT2D eigenvalue weighted by atomic mass is 16.5. The molecule has 112 valence electrons. The Hall–Kier alpha value is -1.84. The first kappa shape index (κ1) is 15.5. The zero-order valence-electron chi connectivity index (χ0n) is 12.7. The summed E-state index contributed by atoms with van der Waals surface area (Å²) >= 11 is 0. The highest BCUT2D eigenvalue weighted by Crippen LogP contribution is 2.26. The van der Waals surface area contributed by atoms with E-state index in [4.69, 9.17) is 9.84 Å². The van der Waals surface area contributed by atoms with Gasteiger partial charge in [0, 0.05) is 13.2 Å². The molecule has 0 spiro atoms. The fourth-order valence-electron chi connectivity index (χ4n) is 2.19. The molecule has 0 heterocycles. The van der Waals surface area contributed by atoms with E-state index in [1.165, 1.54) is 5.56 Å². The summed E-state index contributed by atoms with van der Waals surface area (Å²) in [4.78, 5) is 0. The van der Waals surface area contributed by atoms with Crippen molar-refractivity contribution in [2.75, 3.05) is 13.2 Å². The van der Waals surface area contributed by atoms with Gasteiger partial charge in [-0.25, -0.2) is 0 Å². The number of benzene rings is 2. The van der Waals surface area contributed by atoms with Crippen molar-refractivity contribution in [3.63, 3.8) is 0 Å². The molecule has 0 saturated heterocycles. The molecule has 2 rings (SSSR count). The van der Waals surface area contributed by atoms with E-state index in [1.807, 2.05) is 30.3 Å². The van der Waals surface area contributed by atoms with Crippen LogP contribution in [0.1, 0.15) is 23.6 Å². The average molecular weight is 285 g/mol. The zero-order valence-corrected chi connectivity index (χ0v) is 12.7. The molecular weight excluding hydrogens is 262 g/mol. The van der Waals surface area contributed by atoms with Crippen LogP contribution < -0.4 is 10.1 Å². The predicted molar refractivity (Wildman–Crippen MR) is 85.9 cm³/mol. The van der Waals surface area contributed by atoms with Crippen molar-refractivity contribution in [3.8, 4) is 11.5 Å². The van der Waals surface area contributed by atoms with Gasteiger partial charge in [0.15, 0.2) is 0 Å². The van der Waals surface area contributed by atoms with Crippen LogP contribution in [0.15, 0.2) is 42.5 Å². The molecule has 0 aliphatic heterocycles. The summed E-state index contributed by atoms with van der Waals surface area (Å²) in [6.07, 6.45) is 0.679. The van der Waals surface area contributed by atoms with Crippen LogP contribution in [0.2, 0.25) is 0 Å². The Bertz CT molecular complexity index is 564. The maximum atomic E-state index is 8.91. The van der Waals surface area contributed by atoms with E-state index in [0.717, 1.165) is 35.7 Å². The molecule has 3 nitrogen and oxygen atoms in total. The summed E-state index contributed by atoms with van der Waals surface area (Å²) in [5.41, 5.74) is 3.51. The van der Waals surface area contributed by atoms with Crippen LogP contribution in [0.4, 0.5) is 0 Å². The summed E-state index contributed by atoms with van der Waals surface area (Å²) in [7, 11) is 0. The van der Waals surface area contributed by atoms with Gasteiger partial charge in [-0.15, -0.1) is 0 Å². The van der Waals surface area contributed by atoms with Crippen molar-refractivity contribution >= 4 is 0 Å². The van der Waals surface area contributed by atoms with Gasteiger partial charge in [0.1, 0.15) is 11.5 Å². The predicted octanol–water partition coefficient (Wildman–Crippen LogP) is 3.43. The van der Waals surface area contributed by atoms with Crippen LogP contribution in [0.5, 0.6) is 11.5 Å². The lowest BCUT2D eigenvalue weighted by molar-refractivity contribution is 0.299. The number of aliphatic hydroxyl groups excluding tert-OH is 1. The van der Waals surface area contributed by atoms with E-state index >= 15 is 0 Å². The maximum absolute atomic E-state index is 8.91. The van der Waals surface area contributed by atoms with E-state index in [1.54, 1.807) is 0 Å². The number of nitrogens with one attached hydrogen (secondary N) is 1. The van der Waals surface area contributed by atoms with Gasteiger partial charge in [-0.3, -0.25) is 0 Å². The molecule has 2 aromatic rings. The first-order chi connectivity index (χ1) is 10.2. The highest BCUT2D eigenvalue weighted by Gasteiger charge is 2.03. The zero-order chi connectivity index (χ0) is 15.1. The lowest BCUT2D eigenvalue weighted by atomic mass is 10.1. The lowest BCUT2D eigenvalue weighted by Crippen LogP contribution is -2.11. The summed E-state index contributed by atoms with van der Waals surface area (Å²) in [6, 6.07) is 14.1. The molecule has 0 aliphatic carbocycles. The summed E-state index contributed by atoms with van der Waals surface area (Å²) in [6.45, 7) is 6.19. The van der Waals surface area contributed by atoms with E-state index in [2.05, 4.69) is 31.3 Å². The standard InChI is InChI=1S/C18H23NO2/c1-3-19-13-16-6-9-18(14(2)12-16)21-17-7-4-15(5-8-17)10-11-20/h4-9,12,19-20H,3,10-11,13H2,1-2H3. The van der Waals surface area contributed by atoms with E-state index in [-0.39, 0.29) is 6.61 Å². The molecule has 0 radical (unpaired) electrons. The third-order valence-electron chi connectivity index (χ3n) is 3.37. The minimum absolute atomic E-state index is 0.173. The Morgan fingerprint density at radius 1 is 1.05 bits per heavy atom. The van der Waals surface area contributed by atoms with Crippen molar-refractivity contribution in [2.24, 2.45) is 0 Å². The molecule has 0 amide bonds. The topological polar surface area (TPSA) is 41.5 Å². The van der Waals surface area contributed by atoms with Gasteiger partial charge in [0.2, 0.25) is 0 Å². The number of ether oxygens (including phenoxy) is 1. The third kappa shape index (κ3) is 4.59. The molecule has 0 bridgehead atoms. The van der Waals surface area contributed by atoms with Crippen molar-refractivity contribution in [3.05, 3.63) is 59.2 Å². The van der Waals surface area contributed by atoms with Gasteiger partial charge in [-0.1, -0.05) is 31.2 Å². The quantitative estimate of drug-likeness (QED) is 0.819. The molecule has 3 heteroatoms. The lowest BCUT2D eigenvalue weighted by Gasteiger charge is -2.11. The van der Waals surface area contributed by atoms with Gasteiger partial charge < -0.3 is 15.2 Å². The molecule has 21 heavy (non-hydrogen) atoms. The second kappa shape index (κ2) is 7.81. The Balaban J connectivity index is 2.05. The highest BCUT2D eigenvalue weighted by molar-refractivity contribution is 5.40. The molecule has 0 fully saturated rings. The smallest absolute Gasteiger partial charge is 0.130 e. The number of aryl methyl sites for hydroxylation is 1. The minimum atomic E-state index is 0.173. The summed E-state index contributed by atoms with van der Waals surface area (Å²) < 4.78 is 5.92. The maximum Gasteiger partial charge on any atom is 0.130 e. The molecule has 0 unspecified atom stereocenters. The molecule has 0 atom stereocenters. The van der Waals surface area contributed by atoms with Crippen LogP contribution in [0, 0.1) is 6.92 Å². The Morgan fingerprint density at radius 3 is 2.38 bits per heavy atom. The second-order valence-electron chi connectivity index (χ2n) is 5.10. The number of aliphatic hydroxyl groups is 1. The van der Waals surface area contributed by atoms with Crippen molar-refractivity contribution < 1.29 is 9.84 Å². The third-order valence-corrected chi connectivity index (χ3v) is 3.37. The second-order valence-corrected chi connectivity index (χ2v) is 5.10. The largest absolute Gasteiger partial charge is 0.457 e. The molecule has 0 aromatic heterocycles. The van der Waals surface area contributed by atoms with Gasteiger partial charge in [0.25, 0.3) is 0 Å².